The summed E-state index contributed by atoms with van der Waals surface area (Å²) in [6.45, 7) is 1.13. The van der Waals surface area contributed by atoms with Gasteiger partial charge in [-0.05, 0) is 169 Å². The van der Waals surface area contributed by atoms with Crippen molar-refractivity contribution >= 4 is 76.6 Å². The van der Waals surface area contributed by atoms with Gasteiger partial charge < -0.3 is 22.9 Å². The number of hydrogen-bond acceptors (Lipinski definition) is 3. The summed E-state index contributed by atoms with van der Waals surface area (Å²) in [4.78, 5) is 4.92. The first kappa shape index (κ1) is 49.0. The molecule has 442 valence electrons. The minimum Gasteiger partial charge on any atom is -0.510 e. The van der Waals surface area contributed by atoms with Crippen molar-refractivity contribution in [2.75, 3.05) is 0 Å². The summed E-state index contributed by atoms with van der Waals surface area (Å²) >= 11 is 0. The van der Waals surface area contributed by atoms with Crippen molar-refractivity contribution < 1.29 is 43.0 Å². The summed E-state index contributed by atoms with van der Waals surface area (Å²) in [6, 6.07) is 90.7. The molecular formula is C84H57N5O2Pt-2. The first-order chi connectivity index (χ1) is 47.0. The number of nitrogens with zero attached hydrogens (tertiary/aromatic N) is 5. The van der Waals surface area contributed by atoms with Gasteiger partial charge in [-0.1, -0.05) is 178 Å². The van der Waals surface area contributed by atoms with Crippen LogP contribution in [0.15, 0.2) is 259 Å². The van der Waals surface area contributed by atoms with Crippen molar-refractivity contribution in [2.24, 2.45) is 0 Å². The molecule has 1 aliphatic heterocycles. The zero-order valence-electron chi connectivity index (χ0n) is 56.1. The normalized spacial score (nSPS) is 13.3. The van der Waals surface area contributed by atoms with Crippen LogP contribution in [0, 0.1) is 32.2 Å². The molecule has 17 aromatic rings. The van der Waals surface area contributed by atoms with Crippen LogP contribution in [0.3, 0.4) is 0 Å². The Labute approximate surface area is 555 Å². The fraction of sp³-hybridized carbons (Fsp3) is 0.0714. The van der Waals surface area contributed by atoms with Crippen LogP contribution < -0.4 is 9.30 Å². The Balaban J connectivity index is 0.00000722. The van der Waals surface area contributed by atoms with Crippen molar-refractivity contribution in [2.45, 2.75) is 39.9 Å². The summed E-state index contributed by atoms with van der Waals surface area (Å²) < 4.78 is 76.6. The molecule has 92 heavy (non-hydrogen) atoms. The predicted molar refractivity (Wildman–Crippen MR) is 370 cm³/mol. The molecule has 0 amide bonds. The Hall–Kier alpha value is -10.9. The molecule has 1 aliphatic rings. The number of para-hydroxylation sites is 5. The van der Waals surface area contributed by atoms with E-state index in [9.17, 15) is 0 Å². The Morgan fingerprint density at radius 1 is 0.467 bits per heavy atom. The van der Waals surface area contributed by atoms with Gasteiger partial charge in [0.25, 0.3) is 6.33 Å². The van der Waals surface area contributed by atoms with Crippen LogP contribution in [-0.4, -0.2) is 18.7 Å². The standard InChI is InChI=1S/C84H57N5O2.Pt/c1-51-19-16-20-52(2)81(51)69-30-18-29-68-70-48-57(88-73-31-12-8-25-63(73)64-26-9-13-32-74(64)88)36-38-62(70)60-23-6-7-24-61(60)72-44-54(53-35-40-79-71(43-53)67-28-11-15-34-78(67)91-79)45-77-83(72)87(82(68)69)50-86(77)56-21-17-22-58(47-56)90-59-37-39-66-65-27-10-14-33-75(65)89(76(66)49-59)80-46-55(41-42-85-80)84(3,4)5;/h6-46,48H,1-5H3;/q-2;/i1D3,2D3;. The van der Waals surface area contributed by atoms with E-state index >= 15 is 0 Å². The van der Waals surface area contributed by atoms with Crippen LogP contribution in [0.2, 0.25) is 0 Å². The molecule has 0 N–H and O–H groups in total. The van der Waals surface area contributed by atoms with Crippen molar-refractivity contribution in [3.8, 4) is 90.0 Å². The van der Waals surface area contributed by atoms with Gasteiger partial charge in [-0.15, -0.1) is 29.7 Å². The summed E-state index contributed by atoms with van der Waals surface area (Å²) in [5.74, 6) is 1.65. The van der Waals surface area contributed by atoms with Crippen LogP contribution >= 0.6 is 0 Å². The van der Waals surface area contributed by atoms with Crippen LogP contribution in [0.1, 0.15) is 45.7 Å². The maximum atomic E-state index is 9.14. The summed E-state index contributed by atoms with van der Waals surface area (Å²) in [7, 11) is 0. The number of hydrogen-bond donors (Lipinski definition) is 0. The van der Waals surface area contributed by atoms with Gasteiger partial charge in [0.2, 0.25) is 0 Å². The number of aryl methyl sites for hydroxylation is 2. The molecule has 0 bridgehead atoms. The Morgan fingerprint density at radius 3 is 1.86 bits per heavy atom. The number of furan rings is 1. The SMILES string of the molecule is [2H]C([2H])([2H])c1cccc(C([2H])([2H])[2H])c1-c1cccc2c1-[n+]1[c-]n(-c3[c-]c(Oc4[c-]c5c(cc4)c4ccccc4n5-c4cc(C(C)(C)C)ccn4)ccc3)c3cc(-c4ccc5oc6ccccc6c5c4)cc(c31)-c1ccccc1-c1ccc(-n3c4ccccc4c4ccccc43)cc1-2.[Pt]. The zero-order valence-corrected chi connectivity index (χ0v) is 52.4. The van der Waals surface area contributed by atoms with Gasteiger partial charge in [-0.3, -0.25) is 4.57 Å². The van der Waals surface area contributed by atoms with E-state index in [0.29, 0.717) is 45.0 Å². The largest absolute Gasteiger partial charge is 0.510 e. The molecule has 8 heteroatoms. The molecule has 0 saturated carbocycles. The molecule has 0 aliphatic carbocycles. The number of rotatable bonds is 7. The van der Waals surface area contributed by atoms with Gasteiger partial charge in [0.05, 0.1) is 27.8 Å². The average molecular weight is 1370 g/mol. The van der Waals surface area contributed by atoms with E-state index in [0.717, 1.165) is 122 Å². The third kappa shape index (κ3) is 8.59. The fourth-order valence-electron chi connectivity index (χ4n) is 14.1. The molecule has 6 heterocycles. The first-order valence-corrected chi connectivity index (χ1v) is 30.6. The van der Waals surface area contributed by atoms with Gasteiger partial charge >= 0.3 is 0 Å². The number of benzene rings is 12. The Kier molecular flexibility index (Phi) is 11.3. The van der Waals surface area contributed by atoms with Crippen molar-refractivity contribution in [1.29, 1.82) is 0 Å². The molecule has 0 fully saturated rings. The van der Waals surface area contributed by atoms with E-state index in [1.807, 2.05) is 88.1 Å². The number of aromatic nitrogens is 5. The van der Waals surface area contributed by atoms with E-state index in [2.05, 4.69) is 206 Å². The number of ether oxygens (including phenoxy) is 1. The summed E-state index contributed by atoms with van der Waals surface area (Å²) in [5, 5.41) is 6.25. The molecule has 5 aromatic heterocycles. The van der Waals surface area contributed by atoms with E-state index in [-0.39, 0.29) is 43.2 Å². The van der Waals surface area contributed by atoms with E-state index in [1.165, 1.54) is 18.2 Å². The monoisotopic (exact) mass is 1370 g/mol. The van der Waals surface area contributed by atoms with E-state index < -0.39 is 13.7 Å². The molecule has 0 atom stereocenters. The van der Waals surface area contributed by atoms with E-state index in [1.54, 1.807) is 0 Å². The average Bonchev–Trinajstić information content (AvgIpc) is 1.49. The van der Waals surface area contributed by atoms with Gasteiger partial charge in [0.15, 0.2) is 0 Å². The molecule has 7 nitrogen and oxygen atoms in total. The summed E-state index contributed by atoms with van der Waals surface area (Å²) in [5.41, 5.74) is 17.2. The second kappa shape index (κ2) is 21.1. The molecule has 12 aromatic carbocycles. The Bertz CT molecular complexity index is 6080. The van der Waals surface area contributed by atoms with Gasteiger partial charge in [-0.25, -0.2) is 4.98 Å². The molecule has 0 spiro atoms. The predicted octanol–water partition coefficient (Wildman–Crippen LogP) is 21.1. The van der Waals surface area contributed by atoms with Crippen molar-refractivity contribution in [3.63, 3.8) is 0 Å². The molecular weight excluding hydrogens is 1310 g/mol. The first-order valence-electron chi connectivity index (χ1n) is 33.6. The second-order valence-corrected chi connectivity index (χ2v) is 24.6. The fourth-order valence-corrected chi connectivity index (χ4v) is 14.1. The number of imidazole rings is 1. The van der Waals surface area contributed by atoms with Crippen LogP contribution in [0.5, 0.6) is 11.5 Å². The smallest absolute Gasteiger partial charge is 0.268 e. The van der Waals surface area contributed by atoms with Gasteiger partial charge in [0.1, 0.15) is 17.0 Å². The van der Waals surface area contributed by atoms with Crippen LogP contribution in [0.25, 0.3) is 155 Å². The summed E-state index contributed by atoms with van der Waals surface area (Å²) in [6.07, 6.45) is 5.77. The second-order valence-electron chi connectivity index (χ2n) is 24.6. The maximum Gasteiger partial charge on any atom is 0.268 e. The molecule has 0 saturated heterocycles. The molecule has 0 radical (unpaired) electrons. The molecule has 0 unspecified atom stereocenters. The van der Waals surface area contributed by atoms with Gasteiger partial charge in [-0.2, -0.15) is 18.2 Å². The van der Waals surface area contributed by atoms with E-state index in [4.69, 9.17) is 22.4 Å². The number of fused-ring (bicyclic) bond motifs is 16. The zero-order chi connectivity index (χ0) is 65.8. The quantitative estimate of drug-likeness (QED) is 0.118. The van der Waals surface area contributed by atoms with Crippen LogP contribution in [-0.2, 0) is 26.5 Å². The van der Waals surface area contributed by atoms with Crippen molar-refractivity contribution in [3.05, 3.63) is 290 Å². The molecule has 18 rings (SSSR count). The number of pyridine rings is 1. The minimum atomic E-state index is -2.73. The van der Waals surface area contributed by atoms with Gasteiger partial charge in [0, 0.05) is 79.7 Å². The minimum absolute atomic E-state index is 0. The Morgan fingerprint density at radius 2 is 1.10 bits per heavy atom. The third-order valence-electron chi connectivity index (χ3n) is 18.3. The van der Waals surface area contributed by atoms with Crippen LogP contribution in [0.4, 0.5) is 0 Å². The topological polar surface area (TPSA) is 53.9 Å². The van der Waals surface area contributed by atoms with Crippen molar-refractivity contribution in [1.82, 2.24) is 18.7 Å². The third-order valence-corrected chi connectivity index (χ3v) is 18.3. The maximum absolute atomic E-state index is 9.14.